The molecule has 1 aromatic rings. The average Bonchev–Trinajstić information content (AvgIpc) is 2.54. The lowest BCUT2D eigenvalue weighted by atomic mass is 10.1. The summed E-state index contributed by atoms with van der Waals surface area (Å²) in [7, 11) is 1.83. The zero-order valence-electron chi connectivity index (χ0n) is 11.6. The molecule has 108 valence electrons. The van der Waals surface area contributed by atoms with E-state index in [0.29, 0.717) is 5.56 Å². The van der Waals surface area contributed by atoms with Gasteiger partial charge in [0.15, 0.2) is 5.78 Å². The molecule has 0 saturated heterocycles. The molecule has 0 atom stereocenters. The number of likely N-dealkylation sites (N-methyl/N-ethyl adjacent to an activating group) is 1. The van der Waals surface area contributed by atoms with E-state index in [1.807, 2.05) is 18.5 Å². The number of rotatable bonds is 5. The summed E-state index contributed by atoms with van der Waals surface area (Å²) < 4.78 is 38.9. The number of hydrogen-bond donors (Lipinski definition) is 0. The monoisotopic (exact) mass is 276 g/mol. The normalized spacial score (nSPS) is 12.2. The molecule has 1 heterocycles. The summed E-state index contributed by atoms with van der Waals surface area (Å²) in [6.07, 6.45) is -4.28. The zero-order valence-corrected chi connectivity index (χ0v) is 11.6. The predicted octanol–water partition coefficient (Wildman–Crippen LogP) is 2.71. The highest BCUT2D eigenvalue weighted by Gasteiger charge is 2.31. The van der Waals surface area contributed by atoms with Crippen molar-refractivity contribution in [3.63, 3.8) is 0 Å². The summed E-state index contributed by atoms with van der Waals surface area (Å²) in [4.78, 5) is 13.2. The Morgan fingerprint density at radius 3 is 2.32 bits per heavy atom. The number of Topliss-reactive ketones (excluding diaryl/α,β-unsaturated/α-hetero) is 1. The van der Waals surface area contributed by atoms with E-state index < -0.39 is 12.7 Å². The molecule has 19 heavy (non-hydrogen) atoms. The van der Waals surface area contributed by atoms with E-state index in [9.17, 15) is 18.0 Å². The van der Waals surface area contributed by atoms with Gasteiger partial charge in [-0.2, -0.15) is 13.2 Å². The molecule has 0 unspecified atom stereocenters. The smallest absolute Gasteiger partial charge is 0.351 e. The minimum atomic E-state index is -4.28. The summed E-state index contributed by atoms with van der Waals surface area (Å²) >= 11 is 0. The molecule has 0 aromatic carbocycles. The van der Waals surface area contributed by atoms with Crippen LogP contribution in [0.15, 0.2) is 6.07 Å². The summed E-state index contributed by atoms with van der Waals surface area (Å²) in [5.74, 6) is -0.271. The van der Waals surface area contributed by atoms with E-state index in [0.717, 1.165) is 16.3 Å². The van der Waals surface area contributed by atoms with Crippen LogP contribution < -0.4 is 0 Å². The van der Waals surface area contributed by atoms with Gasteiger partial charge in [0.2, 0.25) is 0 Å². The van der Waals surface area contributed by atoms with Crippen molar-refractivity contribution in [3.8, 4) is 0 Å². The molecule has 0 N–H and O–H groups in total. The molecule has 0 radical (unpaired) electrons. The maximum atomic E-state index is 12.3. The first-order valence-electron chi connectivity index (χ1n) is 6.11. The third-order valence-electron chi connectivity index (χ3n) is 3.29. The lowest BCUT2D eigenvalue weighted by molar-refractivity contribution is -0.144. The second-order valence-electron chi connectivity index (χ2n) is 4.69. The Labute approximate surface area is 111 Å². The Kier molecular flexibility index (Phi) is 4.79. The first-order chi connectivity index (χ1) is 8.65. The molecule has 0 bridgehead atoms. The summed E-state index contributed by atoms with van der Waals surface area (Å²) in [6.45, 7) is 4.19. The fourth-order valence-corrected chi connectivity index (χ4v) is 1.96. The van der Waals surface area contributed by atoms with Gasteiger partial charge < -0.3 is 4.57 Å². The molecule has 1 rings (SSSR count). The number of halogens is 3. The molecule has 0 saturated carbocycles. The number of alkyl halides is 3. The van der Waals surface area contributed by atoms with Crippen LogP contribution in [0, 0.1) is 13.8 Å². The Balaban J connectivity index is 2.80. The van der Waals surface area contributed by atoms with Crippen LogP contribution >= 0.6 is 0 Å². The van der Waals surface area contributed by atoms with Crippen LogP contribution in [-0.4, -0.2) is 41.1 Å². The second kappa shape index (κ2) is 5.77. The predicted molar refractivity (Wildman–Crippen MR) is 67.4 cm³/mol. The van der Waals surface area contributed by atoms with Crippen molar-refractivity contribution in [2.24, 2.45) is 7.05 Å². The number of ketones is 1. The van der Waals surface area contributed by atoms with Gasteiger partial charge in [0, 0.05) is 24.0 Å². The third-order valence-corrected chi connectivity index (χ3v) is 3.29. The van der Waals surface area contributed by atoms with Crippen LogP contribution in [-0.2, 0) is 7.05 Å². The van der Waals surface area contributed by atoms with Gasteiger partial charge in [-0.1, -0.05) is 6.92 Å². The minimum Gasteiger partial charge on any atom is -0.351 e. The molecule has 3 nitrogen and oxygen atoms in total. The van der Waals surface area contributed by atoms with E-state index in [4.69, 9.17) is 0 Å². The van der Waals surface area contributed by atoms with E-state index in [-0.39, 0.29) is 18.9 Å². The first kappa shape index (κ1) is 15.8. The van der Waals surface area contributed by atoms with Gasteiger partial charge >= 0.3 is 6.18 Å². The van der Waals surface area contributed by atoms with Gasteiger partial charge in [-0.05, 0) is 26.5 Å². The van der Waals surface area contributed by atoms with Crippen LogP contribution in [0.2, 0.25) is 0 Å². The van der Waals surface area contributed by atoms with Crippen LogP contribution in [0.5, 0.6) is 0 Å². The minimum absolute atomic E-state index is 0.191. The van der Waals surface area contributed by atoms with E-state index in [1.54, 1.807) is 19.9 Å². The largest absolute Gasteiger partial charge is 0.401 e. The molecular formula is C13H19F3N2O. The van der Waals surface area contributed by atoms with Crippen molar-refractivity contribution in [1.29, 1.82) is 0 Å². The quantitative estimate of drug-likeness (QED) is 0.773. The van der Waals surface area contributed by atoms with E-state index in [1.165, 1.54) is 0 Å². The number of aromatic nitrogens is 1. The standard InChI is InChI=1S/C13H19F3N2O/c1-5-18(8-13(14,15)16)7-12(19)11-6-9(2)17(4)10(11)3/h6H,5,7-8H2,1-4H3. The summed E-state index contributed by atoms with van der Waals surface area (Å²) in [5.41, 5.74) is 2.20. The molecule has 1 aromatic heterocycles. The Morgan fingerprint density at radius 1 is 1.37 bits per heavy atom. The lowest BCUT2D eigenvalue weighted by Gasteiger charge is -2.20. The van der Waals surface area contributed by atoms with Crippen molar-refractivity contribution in [1.82, 2.24) is 9.47 Å². The highest BCUT2D eigenvalue weighted by Crippen LogP contribution is 2.18. The lowest BCUT2D eigenvalue weighted by Crippen LogP contribution is -2.37. The second-order valence-corrected chi connectivity index (χ2v) is 4.69. The molecule has 0 aliphatic rings. The Hall–Kier alpha value is -1.30. The van der Waals surface area contributed by atoms with Crippen LogP contribution in [0.3, 0.4) is 0 Å². The zero-order chi connectivity index (χ0) is 14.8. The van der Waals surface area contributed by atoms with Gasteiger partial charge in [0.1, 0.15) is 0 Å². The summed E-state index contributed by atoms with van der Waals surface area (Å²) in [5, 5.41) is 0. The van der Waals surface area contributed by atoms with Gasteiger partial charge in [-0.3, -0.25) is 9.69 Å². The SMILES string of the molecule is CCN(CC(=O)c1cc(C)n(C)c1C)CC(F)(F)F. The van der Waals surface area contributed by atoms with Gasteiger partial charge in [-0.15, -0.1) is 0 Å². The first-order valence-corrected chi connectivity index (χ1v) is 6.11. The summed E-state index contributed by atoms with van der Waals surface area (Å²) in [6, 6.07) is 1.72. The van der Waals surface area contributed by atoms with Crippen LogP contribution in [0.4, 0.5) is 13.2 Å². The van der Waals surface area contributed by atoms with Crippen molar-refractivity contribution in [3.05, 3.63) is 23.0 Å². The topological polar surface area (TPSA) is 25.2 Å². The number of nitrogens with zero attached hydrogens (tertiary/aromatic N) is 2. The molecule has 0 fully saturated rings. The van der Waals surface area contributed by atoms with Gasteiger partial charge in [-0.25, -0.2) is 0 Å². The maximum absolute atomic E-state index is 12.3. The average molecular weight is 276 g/mol. The third kappa shape index (κ3) is 4.09. The van der Waals surface area contributed by atoms with Crippen molar-refractivity contribution >= 4 is 5.78 Å². The van der Waals surface area contributed by atoms with Gasteiger partial charge in [0.05, 0.1) is 13.1 Å². The number of hydrogen-bond acceptors (Lipinski definition) is 2. The number of carbonyl (C=O) groups is 1. The molecule has 0 amide bonds. The molecular weight excluding hydrogens is 257 g/mol. The Morgan fingerprint density at radius 2 is 1.95 bits per heavy atom. The van der Waals surface area contributed by atoms with Crippen molar-refractivity contribution < 1.29 is 18.0 Å². The Bertz CT molecular complexity index is 463. The molecule has 0 aliphatic carbocycles. The van der Waals surface area contributed by atoms with E-state index in [2.05, 4.69) is 0 Å². The molecule has 0 spiro atoms. The number of carbonyl (C=O) groups excluding carboxylic acids is 1. The molecule has 6 heteroatoms. The van der Waals surface area contributed by atoms with Gasteiger partial charge in [0.25, 0.3) is 0 Å². The van der Waals surface area contributed by atoms with E-state index >= 15 is 0 Å². The van der Waals surface area contributed by atoms with Crippen LogP contribution in [0.25, 0.3) is 0 Å². The molecule has 0 aliphatic heterocycles. The number of aryl methyl sites for hydroxylation is 1. The van der Waals surface area contributed by atoms with Crippen LogP contribution in [0.1, 0.15) is 28.7 Å². The maximum Gasteiger partial charge on any atom is 0.401 e. The highest BCUT2D eigenvalue weighted by atomic mass is 19.4. The van der Waals surface area contributed by atoms with Crippen molar-refractivity contribution in [2.75, 3.05) is 19.6 Å². The fourth-order valence-electron chi connectivity index (χ4n) is 1.96. The highest BCUT2D eigenvalue weighted by molar-refractivity contribution is 5.99. The van der Waals surface area contributed by atoms with Crippen molar-refractivity contribution in [2.45, 2.75) is 26.9 Å². The fraction of sp³-hybridized carbons (Fsp3) is 0.615.